The monoisotopic (exact) mass is 298 g/mol. The molecule has 126 valence electrons. The van der Waals surface area contributed by atoms with Crippen molar-refractivity contribution in [2.75, 3.05) is 26.2 Å². The van der Waals surface area contributed by atoms with Crippen molar-refractivity contribution in [3.05, 3.63) is 0 Å². The Hall–Kier alpha value is -0.120. The lowest BCUT2D eigenvalue weighted by Gasteiger charge is -2.26. The van der Waals surface area contributed by atoms with E-state index in [9.17, 15) is 0 Å². The summed E-state index contributed by atoms with van der Waals surface area (Å²) in [5.74, 6) is 0. The first-order valence-corrected chi connectivity index (χ1v) is 9.07. The van der Waals surface area contributed by atoms with E-state index in [1.54, 1.807) is 0 Å². The molecular formula is C18H38N2O. The van der Waals surface area contributed by atoms with Gasteiger partial charge < -0.3 is 15.0 Å². The summed E-state index contributed by atoms with van der Waals surface area (Å²) in [6, 6.07) is 0. The van der Waals surface area contributed by atoms with Crippen LogP contribution in [0.25, 0.3) is 0 Å². The maximum absolute atomic E-state index is 6.24. The van der Waals surface area contributed by atoms with E-state index in [4.69, 9.17) is 4.74 Å². The molecule has 0 aliphatic carbocycles. The maximum Gasteiger partial charge on any atom is 0.0707 e. The Kier molecular flexibility index (Phi) is 8.84. The molecule has 0 aromatic heterocycles. The SMILES string of the molecule is CCCCN(CCCC)CC1CCC(CNC(C)(C)C)O1. The molecule has 1 aliphatic heterocycles. The van der Waals surface area contributed by atoms with Gasteiger partial charge in [0.05, 0.1) is 12.2 Å². The average Bonchev–Trinajstić information content (AvgIpc) is 2.86. The highest BCUT2D eigenvalue weighted by Crippen LogP contribution is 2.21. The number of hydrogen-bond acceptors (Lipinski definition) is 3. The summed E-state index contributed by atoms with van der Waals surface area (Å²) in [7, 11) is 0. The third kappa shape index (κ3) is 8.80. The highest BCUT2D eigenvalue weighted by Gasteiger charge is 2.27. The van der Waals surface area contributed by atoms with Crippen molar-refractivity contribution in [2.45, 2.75) is 90.9 Å². The summed E-state index contributed by atoms with van der Waals surface area (Å²) in [6.45, 7) is 15.8. The summed E-state index contributed by atoms with van der Waals surface area (Å²) in [4.78, 5) is 2.62. The van der Waals surface area contributed by atoms with Crippen molar-refractivity contribution in [3.8, 4) is 0 Å². The molecule has 0 bridgehead atoms. The maximum atomic E-state index is 6.24. The zero-order valence-corrected chi connectivity index (χ0v) is 15.1. The minimum absolute atomic E-state index is 0.190. The summed E-state index contributed by atoms with van der Waals surface area (Å²) in [5, 5.41) is 3.57. The van der Waals surface area contributed by atoms with Crippen LogP contribution in [0, 0.1) is 0 Å². The van der Waals surface area contributed by atoms with E-state index in [1.807, 2.05) is 0 Å². The van der Waals surface area contributed by atoms with Crippen LogP contribution in [0.3, 0.4) is 0 Å². The van der Waals surface area contributed by atoms with Gasteiger partial charge in [-0.25, -0.2) is 0 Å². The Balaban J connectivity index is 2.29. The Labute approximate surface area is 132 Å². The van der Waals surface area contributed by atoms with Crippen molar-refractivity contribution in [2.24, 2.45) is 0 Å². The van der Waals surface area contributed by atoms with E-state index in [-0.39, 0.29) is 5.54 Å². The zero-order chi connectivity index (χ0) is 15.7. The first-order valence-electron chi connectivity index (χ1n) is 9.07. The fourth-order valence-corrected chi connectivity index (χ4v) is 2.83. The molecule has 0 radical (unpaired) electrons. The van der Waals surface area contributed by atoms with Crippen LogP contribution in [0.2, 0.25) is 0 Å². The Morgan fingerprint density at radius 3 is 2.10 bits per heavy atom. The predicted molar refractivity (Wildman–Crippen MR) is 91.9 cm³/mol. The molecule has 21 heavy (non-hydrogen) atoms. The third-order valence-electron chi connectivity index (χ3n) is 4.17. The van der Waals surface area contributed by atoms with Crippen LogP contribution >= 0.6 is 0 Å². The topological polar surface area (TPSA) is 24.5 Å². The van der Waals surface area contributed by atoms with Gasteiger partial charge in [0.25, 0.3) is 0 Å². The largest absolute Gasteiger partial charge is 0.372 e. The number of nitrogens with one attached hydrogen (secondary N) is 1. The van der Waals surface area contributed by atoms with E-state index < -0.39 is 0 Å². The molecule has 0 amide bonds. The van der Waals surface area contributed by atoms with Gasteiger partial charge >= 0.3 is 0 Å². The highest BCUT2D eigenvalue weighted by atomic mass is 16.5. The van der Waals surface area contributed by atoms with E-state index >= 15 is 0 Å². The molecule has 0 spiro atoms. The minimum atomic E-state index is 0.190. The molecule has 3 nitrogen and oxygen atoms in total. The van der Waals surface area contributed by atoms with Crippen LogP contribution in [0.15, 0.2) is 0 Å². The normalized spacial score (nSPS) is 23.1. The molecule has 1 aliphatic rings. The lowest BCUT2D eigenvalue weighted by atomic mass is 10.1. The smallest absolute Gasteiger partial charge is 0.0707 e. The number of nitrogens with zero attached hydrogens (tertiary/aromatic N) is 1. The summed E-state index contributed by atoms with van der Waals surface area (Å²) >= 11 is 0. The van der Waals surface area contributed by atoms with Crippen LogP contribution in [0.5, 0.6) is 0 Å². The van der Waals surface area contributed by atoms with E-state index in [1.165, 1.54) is 51.6 Å². The average molecular weight is 299 g/mol. The molecule has 2 atom stereocenters. The first-order chi connectivity index (χ1) is 9.94. The fraction of sp³-hybridized carbons (Fsp3) is 1.00. The van der Waals surface area contributed by atoms with Crippen LogP contribution in [-0.2, 0) is 4.74 Å². The molecule has 0 saturated carbocycles. The van der Waals surface area contributed by atoms with Gasteiger partial charge in [0.15, 0.2) is 0 Å². The van der Waals surface area contributed by atoms with Gasteiger partial charge in [-0.15, -0.1) is 0 Å². The quantitative estimate of drug-likeness (QED) is 0.663. The van der Waals surface area contributed by atoms with Crippen LogP contribution < -0.4 is 5.32 Å². The first kappa shape index (κ1) is 18.9. The van der Waals surface area contributed by atoms with Crippen molar-refractivity contribution in [1.82, 2.24) is 10.2 Å². The van der Waals surface area contributed by atoms with Gasteiger partial charge in [0.1, 0.15) is 0 Å². The molecule has 1 saturated heterocycles. The number of rotatable bonds is 10. The second kappa shape index (κ2) is 9.81. The summed E-state index contributed by atoms with van der Waals surface area (Å²) in [5.41, 5.74) is 0.190. The number of unbranched alkanes of at least 4 members (excludes halogenated alkanes) is 2. The second-order valence-electron chi connectivity index (χ2n) is 7.60. The molecule has 3 heteroatoms. The van der Waals surface area contributed by atoms with Gasteiger partial charge in [-0.05, 0) is 59.5 Å². The van der Waals surface area contributed by atoms with Gasteiger partial charge in [-0.2, -0.15) is 0 Å². The predicted octanol–water partition coefficient (Wildman–Crippen LogP) is 3.82. The van der Waals surface area contributed by atoms with Crippen LogP contribution in [0.1, 0.15) is 73.1 Å². The molecule has 0 aromatic rings. The van der Waals surface area contributed by atoms with Crippen LogP contribution in [0.4, 0.5) is 0 Å². The van der Waals surface area contributed by atoms with Crippen LogP contribution in [-0.4, -0.2) is 48.8 Å². The number of ether oxygens (including phenoxy) is 1. The van der Waals surface area contributed by atoms with Crippen molar-refractivity contribution < 1.29 is 4.74 Å². The van der Waals surface area contributed by atoms with Gasteiger partial charge in [0, 0.05) is 18.6 Å². The second-order valence-corrected chi connectivity index (χ2v) is 7.60. The molecule has 0 aromatic carbocycles. The molecule has 1 N–H and O–H groups in total. The summed E-state index contributed by atoms with van der Waals surface area (Å²) < 4.78 is 6.24. The zero-order valence-electron chi connectivity index (χ0n) is 15.1. The van der Waals surface area contributed by atoms with Crippen molar-refractivity contribution >= 4 is 0 Å². The standard InChI is InChI=1S/C18H38N2O/c1-6-8-12-20(13-9-7-2)15-17-11-10-16(21-17)14-19-18(3,4)5/h16-17,19H,6-15H2,1-5H3. The van der Waals surface area contributed by atoms with Gasteiger partial charge in [-0.1, -0.05) is 26.7 Å². The molecule has 1 rings (SSSR count). The minimum Gasteiger partial charge on any atom is -0.372 e. The van der Waals surface area contributed by atoms with E-state index in [0.29, 0.717) is 12.2 Å². The third-order valence-corrected chi connectivity index (χ3v) is 4.17. The fourth-order valence-electron chi connectivity index (χ4n) is 2.83. The Bertz CT molecular complexity index is 254. The highest BCUT2D eigenvalue weighted by molar-refractivity contribution is 4.81. The molecule has 1 fully saturated rings. The number of hydrogen-bond donors (Lipinski definition) is 1. The Morgan fingerprint density at radius 1 is 1.00 bits per heavy atom. The lowest BCUT2D eigenvalue weighted by molar-refractivity contribution is 0.0204. The molecular weight excluding hydrogens is 260 g/mol. The van der Waals surface area contributed by atoms with Gasteiger partial charge in [0.2, 0.25) is 0 Å². The van der Waals surface area contributed by atoms with Gasteiger partial charge in [-0.3, -0.25) is 0 Å². The van der Waals surface area contributed by atoms with Crippen molar-refractivity contribution in [1.29, 1.82) is 0 Å². The summed E-state index contributed by atoms with van der Waals surface area (Å²) in [6.07, 6.45) is 8.49. The molecule has 2 unspecified atom stereocenters. The van der Waals surface area contributed by atoms with Crippen molar-refractivity contribution in [3.63, 3.8) is 0 Å². The Morgan fingerprint density at radius 2 is 1.57 bits per heavy atom. The van der Waals surface area contributed by atoms with E-state index in [0.717, 1.165) is 13.1 Å². The lowest BCUT2D eigenvalue weighted by Crippen LogP contribution is -2.41. The van der Waals surface area contributed by atoms with E-state index in [2.05, 4.69) is 44.8 Å². The molecule has 1 heterocycles.